The minimum atomic E-state index is -3.67. The van der Waals surface area contributed by atoms with Crippen LogP contribution in [-0.2, 0) is 14.8 Å². The number of carbonyl (C=O) groups is 1. The fourth-order valence-electron chi connectivity index (χ4n) is 5.56. The van der Waals surface area contributed by atoms with E-state index in [1.807, 2.05) is 36.9 Å². The third kappa shape index (κ3) is 3.45. The molecule has 0 radical (unpaired) electrons. The number of fused-ring (bicyclic) bond motifs is 2. The first-order valence-electron chi connectivity index (χ1n) is 12.3. The van der Waals surface area contributed by atoms with Crippen molar-refractivity contribution in [2.45, 2.75) is 55.9 Å². The van der Waals surface area contributed by atoms with Crippen LogP contribution >= 0.6 is 11.8 Å². The normalized spacial score (nSPS) is 29.9. The van der Waals surface area contributed by atoms with Gasteiger partial charge in [0.2, 0.25) is 15.9 Å². The summed E-state index contributed by atoms with van der Waals surface area (Å²) in [4.78, 5) is 19.9. The van der Waals surface area contributed by atoms with Crippen LogP contribution in [0.15, 0.2) is 29.2 Å². The number of nitrogens with zero attached hydrogens (tertiary/aromatic N) is 2. The number of rotatable bonds is 6. The van der Waals surface area contributed by atoms with Gasteiger partial charge in [0.25, 0.3) is 0 Å². The summed E-state index contributed by atoms with van der Waals surface area (Å²) in [6.07, 6.45) is 5.96. The van der Waals surface area contributed by atoms with Crippen molar-refractivity contribution >= 4 is 50.1 Å². The van der Waals surface area contributed by atoms with Crippen LogP contribution in [0.25, 0.3) is 10.9 Å². The van der Waals surface area contributed by atoms with E-state index in [4.69, 9.17) is 4.98 Å². The lowest BCUT2D eigenvalue weighted by Gasteiger charge is -2.48. The summed E-state index contributed by atoms with van der Waals surface area (Å²) in [5.41, 5.74) is 1.52. The molecule has 180 valence electrons. The molecular formula is C25H30N4O3S2. The Labute approximate surface area is 204 Å². The highest BCUT2D eigenvalue weighted by Crippen LogP contribution is 2.75. The van der Waals surface area contributed by atoms with Gasteiger partial charge in [-0.1, -0.05) is 0 Å². The largest absolute Gasteiger partial charge is 0.371 e. The molecule has 5 fully saturated rings. The van der Waals surface area contributed by atoms with Crippen LogP contribution in [-0.4, -0.2) is 49.4 Å². The summed E-state index contributed by atoms with van der Waals surface area (Å²) in [6.45, 7) is 3.79. The SMILES string of the molecule is CC1(NS(=O)(=O)c2cc(N3CCC4(CC3)CSC4)c3ccc(NC(=O)C45CC4C5)nc3c2)CC1. The summed E-state index contributed by atoms with van der Waals surface area (Å²) in [5.74, 6) is 3.59. The van der Waals surface area contributed by atoms with Crippen LogP contribution in [0.3, 0.4) is 0 Å². The van der Waals surface area contributed by atoms with Gasteiger partial charge in [-0.3, -0.25) is 4.79 Å². The molecule has 2 aromatic rings. The Morgan fingerprint density at radius 1 is 1.12 bits per heavy atom. The number of benzene rings is 1. The Morgan fingerprint density at radius 2 is 1.82 bits per heavy atom. The zero-order chi connectivity index (χ0) is 23.3. The molecular weight excluding hydrogens is 468 g/mol. The molecule has 1 amide bonds. The van der Waals surface area contributed by atoms with E-state index >= 15 is 0 Å². The van der Waals surface area contributed by atoms with Gasteiger partial charge in [0, 0.05) is 29.7 Å². The lowest BCUT2D eigenvalue weighted by molar-refractivity contribution is -0.119. The second kappa shape index (κ2) is 6.89. The molecule has 0 bridgehead atoms. The fraction of sp³-hybridized carbons (Fsp3) is 0.600. The maximum Gasteiger partial charge on any atom is 0.241 e. The number of thioether (sulfide) groups is 1. The standard InChI is InChI=1S/C25H30N4O3S2/c1-23(4-5-23)28-34(31,32)17-10-19-18(2-3-21(26-19)27-22(30)25-12-16(25)13-25)20(11-17)29-8-6-24(7-9-29)14-33-15-24/h2-3,10-11,16,28H,4-9,12-15H2,1H3,(H,26,27,30). The monoisotopic (exact) mass is 498 g/mol. The predicted octanol–water partition coefficient (Wildman–Crippen LogP) is 3.75. The van der Waals surface area contributed by atoms with Gasteiger partial charge in [0.05, 0.1) is 15.8 Å². The van der Waals surface area contributed by atoms with Crippen LogP contribution in [0, 0.1) is 16.7 Å². The summed E-state index contributed by atoms with van der Waals surface area (Å²) >= 11 is 2.02. The summed E-state index contributed by atoms with van der Waals surface area (Å²) in [5, 5.41) is 3.91. The number of aromatic nitrogens is 1. The zero-order valence-electron chi connectivity index (χ0n) is 19.4. The molecule has 34 heavy (non-hydrogen) atoms. The number of pyridine rings is 1. The number of sulfonamides is 1. The first-order chi connectivity index (χ1) is 16.2. The van der Waals surface area contributed by atoms with E-state index in [0.717, 1.165) is 62.7 Å². The van der Waals surface area contributed by atoms with Gasteiger partial charge < -0.3 is 10.2 Å². The average molecular weight is 499 g/mol. The van der Waals surface area contributed by atoms with Crippen molar-refractivity contribution in [3.63, 3.8) is 0 Å². The first-order valence-corrected chi connectivity index (χ1v) is 15.0. The van der Waals surface area contributed by atoms with Crippen molar-refractivity contribution in [2.75, 3.05) is 34.8 Å². The smallest absolute Gasteiger partial charge is 0.241 e. The van der Waals surface area contributed by atoms with E-state index in [9.17, 15) is 13.2 Å². The first kappa shape index (κ1) is 21.4. The second-order valence-electron chi connectivity index (χ2n) is 11.6. The zero-order valence-corrected chi connectivity index (χ0v) is 21.0. The van der Waals surface area contributed by atoms with Gasteiger partial charge in [-0.05, 0) is 92.6 Å². The molecule has 2 aliphatic heterocycles. The summed E-state index contributed by atoms with van der Waals surface area (Å²) < 4.78 is 29.5. The number of anilines is 2. The third-order valence-electron chi connectivity index (χ3n) is 8.81. The number of hydrogen-bond acceptors (Lipinski definition) is 6. The Bertz CT molecular complexity index is 1320. The van der Waals surface area contributed by atoms with E-state index in [2.05, 4.69) is 14.9 Å². The minimum Gasteiger partial charge on any atom is -0.371 e. The van der Waals surface area contributed by atoms with Crippen molar-refractivity contribution < 1.29 is 13.2 Å². The fourth-order valence-corrected chi connectivity index (χ4v) is 8.43. The number of carbonyl (C=O) groups excluding carboxylic acids is 1. The van der Waals surface area contributed by atoms with E-state index in [1.54, 1.807) is 6.07 Å². The van der Waals surface area contributed by atoms with Gasteiger partial charge in [0.1, 0.15) is 5.82 Å². The Kier molecular flexibility index (Phi) is 4.34. The number of amides is 1. The molecule has 0 unspecified atom stereocenters. The quantitative estimate of drug-likeness (QED) is 0.630. The molecule has 1 aromatic carbocycles. The average Bonchev–Trinajstić information content (AvgIpc) is 3.69. The molecule has 2 N–H and O–H groups in total. The number of nitrogens with one attached hydrogen (secondary N) is 2. The summed E-state index contributed by atoms with van der Waals surface area (Å²) in [6, 6.07) is 7.32. The molecule has 1 aromatic heterocycles. The minimum absolute atomic E-state index is 0.0522. The van der Waals surface area contributed by atoms with Crippen LogP contribution in [0.5, 0.6) is 0 Å². The maximum atomic E-state index is 13.3. The van der Waals surface area contributed by atoms with Gasteiger partial charge >= 0.3 is 0 Å². The number of piperidine rings is 1. The van der Waals surface area contributed by atoms with Crippen molar-refractivity contribution in [2.24, 2.45) is 16.7 Å². The van der Waals surface area contributed by atoms with E-state index in [1.165, 1.54) is 11.5 Å². The Hall–Kier alpha value is -1.84. The van der Waals surface area contributed by atoms with Gasteiger partial charge in [-0.25, -0.2) is 18.1 Å². The molecule has 5 aliphatic rings. The van der Waals surface area contributed by atoms with E-state index in [0.29, 0.717) is 22.7 Å². The van der Waals surface area contributed by atoms with Crippen molar-refractivity contribution in [3.8, 4) is 0 Å². The molecule has 1 spiro atoms. The maximum absolute atomic E-state index is 13.3. The highest BCUT2D eigenvalue weighted by atomic mass is 32.2. The molecule has 2 saturated heterocycles. The molecule has 9 heteroatoms. The summed E-state index contributed by atoms with van der Waals surface area (Å²) in [7, 11) is -3.67. The van der Waals surface area contributed by atoms with Gasteiger partial charge in [0.15, 0.2) is 0 Å². The van der Waals surface area contributed by atoms with Crippen LogP contribution in [0.2, 0.25) is 0 Å². The van der Waals surface area contributed by atoms with Gasteiger partial charge in [-0.15, -0.1) is 0 Å². The molecule has 3 aliphatic carbocycles. The lowest BCUT2D eigenvalue weighted by atomic mass is 9.81. The van der Waals surface area contributed by atoms with E-state index in [-0.39, 0.29) is 21.8 Å². The van der Waals surface area contributed by atoms with Gasteiger partial charge in [-0.2, -0.15) is 11.8 Å². The Balaban J connectivity index is 1.26. The topological polar surface area (TPSA) is 91.4 Å². The van der Waals surface area contributed by atoms with Crippen molar-refractivity contribution in [1.29, 1.82) is 0 Å². The molecule has 7 nitrogen and oxygen atoms in total. The molecule has 0 atom stereocenters. The molecule has 7 rings (SSSR count). The van der Waals surface area contributed by atoms with Crippen LogP contribution < -0.4 is 14.9 Å². The molecule has 3 heterocycles. The second-order valence-corrected chi connectivity index (χ2v) is 14.2. The third-order valence-corrected chi connectivity index (χ3v) is 12.1. The van der Waals surface area contributed by atoms with Crippen molar-refractivity contribution in [3.05, 3.63) is 24.3 Å². The number of hydrogen-bond donors (Lipinski definition) is 2. The highest BCUT2D eigenvalue weighted by molar-refractivity contribution is 8.00. The van der Waals surface area contributed by atoms with Crippen molar-refractivity contribution in [1.82, 2.24) is 9.71 Å². The molecule has 3 saturated carbocycles. The lowest BCUT2D eigenvalue weighted by Crippen LogP contribution is -2.47. The van der Waals surface area contributed by atoms with Crippen LogP contribution in [0.4, 0.5) is 11.5 Å². The predicted molar refractivity (Wildman–Crippen MR) is 135 cm³/mol. The van der Waals surface area contributed by atoms with Crippen LogP contribution in [0.1, 0.15) is 45.4 Å². The van der Waals surface area contributed by atoms with E-state index < -0.39 is 10.0 Å². The highest BCUT2D eigenvalue weighted by Gasteiger charge is 2.74. The Morgan fingerprint density at radius 3 is 2.41 bits per heavy atom.